The normalized spacial score (nSPS) is 17.4. The van der Waals surface area contributed by atoms with Crippen LogP contribution >= 0.6 is 11.3 Å². The average molecular weight is 443 g/mol. The summed E-state index contributed by atoms with van der Waals surface area (Å²) in [4.78, 5) is 12.9. The molecule has 0 saturated carbocycles. The number of carbonyl (C=O) groups excluding carboxylic acids is 1. The number of benzene rings is 2. The molecule has 6 nitrogen and oxygen atoms in total. The van der Waals surface area contributed by atoms with Crippen molar-refractivity contribution in [3.63, 3.8) is 0 Å². The van der Waals surface area contributed by atoms with Crippen molar-refractivity contribution in [3.05, 3.63) is 72.1 Å². The standard InChI is InChI=1S/C22H22N2O4S2/c25-22(17-8-6-14-24(16-17)30(26,27)21-13-7-15-29-21)23-19-11-4-5-12-20(19)28-18-9-2-1-3-10-18/h1-5,7,9-13,15,17H,6,8,14,16H2,(H,23,25). The van der Waals surface area contributed by atoms with E-state index in [9.17, 15) is 13.2 Å². The van der Waals surface area contributed by atoms with E-state index in [4.69, 9.17) is 4.74 Å². The Balaban J connectivity index is 1.47. The van der Waals surface area contributed by atoms with Gasteiger partial charge in [-0.2, -0.15) is 4.31 Å². The molecule has 1 fully saturated rings. The minimum absolute atomic E-state index is 0.174. The van der Waals surface area contributed by atoms with Crippen molar-refractivity contribution in [2.45, 2.75) is 17.1 Å². The van der Waals surface area contributed by atoms with Crippen LogP contribution in [0.1, 0.15) is 12.8 Å². The van der Waals surface area contributed by atoms with Crippen molar-refractivity contribution >= 4 is 33.0 Å². The summed E-state index contributed by atoms with van der Waals surface area (Å²) in [7, 11) is -3.56. The maximum absolute atomic E-state index is 12.9. The molecule has 30 heavy (non-hydrogen) atoms. The van der Waals surface area contributed by atoms with Gasteiger partial charge in [0.15, 0.2) is 5.75 Å². The maximum atomic E-state index is 12.9. The van der Waals surface area contributed by atoms with Crippen LogP contribution in [-0.4, -0.2) is 31.7 Å². The quantitative estimate of drug-likeness (QED) is 0.606. The van der Waals surface area contributed by atoms with Gasteiger partial charge in [0.25, 0.3) is 10.0 Å². The molecule has 1 amide bonds. The summed E-state index contributed by atoms with van der Waals surface area (Å²) in [5, 5.41) is 4.67. The van der Waals surface area contributed by atoms with Crippen molar-refractivity contribution in [1.82, 2.24) is 4.31 Å². The zero-order chi connectivity index (χ0) is 21.0. The number of anilines is 1. The molecule has 0 aliphatic carbocycles. The maximum Gasteiger partial charge on any atom is 0.252 e. The number of ether oxygens (including phenoxy) is 1. The molecule has 3 aromatic rings. The van der Waals surface area contributed by atoms with Crippen molar-refractivity contribution in [3.8, 4) is 11.5 Å². The molecule has 2 aromatic carbocycles. The number of nitrogens with zero attached hydrogens (tertiary/aromatic N) is 1. The molecule has 0 radical (unpaired) electrons. The number of carbonyl (C=O) groups is 1. The van der Waals surface area contributed by atoms with Gasteiger partial charge in [0.1, 0.15) is 9.96 Å². The molecule has 8 heteroatoms. The average Bonchev–Trinajstić information content (AvgIpc) is 3.32. The smallest absolute Gasteiger partial charge is 0.252 e. The molecule has 156 valence electrons. The van der Waals surface area contributed by atoms with Gasteiger partial charge < -0.3 is 10.1 Å². The molecule has 4 rings (SSSR count). The third kappa shape index (κ3) is 4.56. The number of para-hydroxylation sites is 3. The summed E-state index contributed by atoms with van der Waals surface area (Å²) < 4.78 is 33.3. The van der Waals surface area contributed by atoms with Crippen molar-refractivity contribution in [2.75, 3.05) is 18.4 Å². The summed E-state index contributed by atoms with van der Waals surface area (Å²) in [5.74, 6) is 0.587. The van der Waals surface area contributed by atoms with Gasteiger partial charge in [-0.15, -0.1) is 11.3 Å². The van der Waals surface area contributed by atoms with Gasteiger partial charge in [-0.25, -0.2) is 8.42 Å². The van der Waals surface area contributed by atoms with Gasteiger partial charge in [-0.1, -0.05) is 36.4 Å². The van der Waals surface area contributed by atoms with E-state index in [-0.39, 0.29) is 12.5 Å². The lowest BCUT2D eigenvalue weighted by Gasteiger charge is -2.30. The Morgan fingerprint density at radius 1 is 1.03 bits per heavy atom. The molecule has 1 N–H and O–H groups in total. The largest absolute Gasteiger partial charge is 0.455 e. The van der Waals surface area contributed by atoms with Crippen LogP contribution in [0.5, 0.6) is 11.5 Å². The third-order valence-corrected chi connectivity index (χ3v) is 8.20. The number of nitrogens with one attached hydrogen (secondary N) is 1. The van der Waals surface area contributed by atoms with Crippen LogP contribution in [0.2, 0.25) is 0 Å². The first kappa shape index (κ1) is 20.6. The topological polar surface area (TPSA) is 75.7 Å². The number of amides is 1. The molecule has 0 spiro atoms. The number of piperidine rings is 1. The Bertz CT molecular complexity index is 1100. The molecular formula is C22H22N2O4S2. The number of hydrogen-bond acceptors (Lipinski definition) is 5. The van der Waals surface area contributed by atoms with Crippen LogP contribution < -0.4 is 10.1 Å². The van der Waals surface area contributed by atoms with E-state index in [1.165, 1.54) is 15.6 Å². The molecule has 1 saturated heterocycles. The van der Waals surface area contributed by atoms with Crippen LogP contribution in [-0.2, 0) is 14.8 Å². The Morgan fingerprint density at radius 2 is 1.80 bits per heavy atom. The van der Waals surface area contributed by atoms with Crippen LogP contribution in [0.15, 0.2) is 76.3 Å². The van der Waals surface area contributed by atoms with Crippen LogP contribution in [0.25, 0.3) is 0 Å². The van der Waals surface area contributed by atoms with Gasteiger partial charge in [0.2, 0.25) is 5.91 Å². The Hall–Kier alpha value is -2.68. The summed E-state index contributed by atoms with van der Waals surface area (Å²) in [5.41, 5.74) is 0.560. The molecule has 1 unspecified atom stereocenters. The predicted molar refractivity (Wildman–Crippen MR) is 117 cm³/mol. The first-order valence-corrected chi connectivity index (χ1v) is 12.0. The summed E-state index contributed by atoms with van der Waals surface area (Å²) in [6.07, 6.45) is 1.29. The number of sulfonamides is 1. The van der Waals surface area contributed by atoms with Crippen LogP contribution in [0.3, 0.4) is 0 Å². The first-order chi connectivity index (χ1) is 14.5. The van der Waals surface area contributed by atoms with E-state index < -0.39 is 15.9 Å². The van der Waals surface area contributed by atoms with Crippen molar-refractivity contribution < 1.29 is 17.9 Å². The highest BCUT2D eigenvalue weighted by molar-refractivity contribution is 7.91. The van der Waals surface area contributed by atoms with E-state index in [1.807, 2.05) is 42.5 Å². The first-order valence-electron chi connectivity index (χ1n) is 9.70. The molecule has 1 atom stereocenters. The minimum Gasteiger partial charge on any atom is -0.455 e. The molecular weight excluding hydrogens is 420 g/mol. The van der Waals surface area contributed by atoms with E-state index >= 15 is 0 Å². The van der Waals surface area contributed by atoms with E-state index in [2.05, 4.69) is 5.32 Å². The highest BCUT2D eigenvalue weighted by atomic mass is 32.2. The fourth-order valence-electron chi connectivity index (χ4n) is 3.42. The Morgan fingerprint density at radius 3 is 2.57 bits per heavy atom. The zero-order valence-corrected chi connectivity index (χ0v) is 17.9. The second-order valence-corrected chi connectivity index (χ2v) is 10.1. The highest BCUT2D eigenvalue weighted by Gasteiger charge is 2.34. The summed E-state index contributed by atoms with van der Waals surface area (Å²) >= 11 is 1.19. The van der Waals surface area contributed by atoms with Crippen molar-refractivity contribution in [1.29, 1.82) is 0 Å². The number of rotatable bonds is 6. The number of thiophene rings is 1. The van der Waals surface area contributed by atoms with Gasteiger partial charge in [0.05, 0.1) is 11.6 Å². The van der Waals surface area contributed by atoms with Gasteiger partial charge in [-0.05, 0) is 48.6 Å². The fourth-order valence-corrected chi connectivity index (χ4v) is 6.09. The van der Waals surface area contributed by atoms with Crippen LogP contribution in [0, 0.1) is 5.92 Å². The van der Waals surface area contributed by atoms with E-state index in [0.29, 0.717) is 40.8 Å². The number of hydrogen-bond donors (Lipinski definition) is 1. The molecule has 2 heterocycles. The lowest BCUT2D eigenvalue weighted by molar-refractivity contribution is -0.120. The van der Waals surface area contributed by atoms with Gasteiger partial charge in [0, 0.05) is 13.1 Å². The second kappa shape index (κ2) is 8.99. The summed E-state index contributed by atoms with van der Waals surface area (Å²) in [6, 6.07) is 19.9. The lowest BCUT2D eigenvalue weighted by atomic mass is 9.98. The minimum atomic E-state index is -3.56. The van der Waals surface area contributed by atoms with Gasteiger partial charge in [-0.3, -0.25) is 4.79 Å². The lowest BCUT2D eigenvalue weighted by Crippen LogP contribution is -2.43. The third-order valence-electron chi connectivity index (χ3n) is 4.96. The Labute approximate surface area is 180 Å². The van der Waals surface area contributed by atoms with E-state index in [0.717, 1.165) is 0 Å². The van der Waals surface area contributed by atoms with Crippen molar-refractivity contribution in [2.24, 2.45) is 5.92 Å². The molecule has 1 aromatic heterocycles. The SMILES string of the molecule is O=C(Nc1ccccc1Oc1ccccc1)C1CCCN(S(=O)(=O)c2cccs2)C1. The Kier molecular flexibility index (Phi) is 6.17. The summed E-state index contributed by atoms with van der Waals surface area (Å²) in [6.45, 7) is 0.603. The second-order valence-electron chi connectivity index (χ2n) is 7.03. The molecule has 1 aliphatic rings. The predicted octanol–water partition coefficient (Wildman–Crippen LogP) is 4.58. The highest BCUT2D eigenvalue weighted by Crippen LogP contribution is 2.31. The van der Waals surface area contributed by atoms with Crippen LogP contribution in [0.4, 0.5) is 5.69 Å². The fraction of sp³-hybridized carbons (Fsp3) is 0.227. The molecule has 1 aliphatic heterocycles. The van der Waals surface area contributed by atoms with Gasteiger partial charge >= 0.3 is 0 Å². The molecule has 0 bridgehead atoms. The van der Waals surface area contributed by atoms with E-state index in [1.54, 1.807) is 29.6 Å². The zero-order valence-electron chi connectivity index (χ0n) is 16.2. The monoisotopic (exact) mass is 442 g/mol.